The standard InChI is InChI=1S/C29H38N4O/c1-7-23-25(27(34)31-29(8-2,9-3)22-17-15-20(4)16-18-22)26-30-24(21-13-11-10-12-14-21)19-28(5,6)33(26)32-23/h10-18,24,30H,7-9,19H2,1-6H3,(H,31,34). The summed E-state index contributed by atoms with van der Waals surface area (Å²) in [5.74, 6) is 0.767. The van der Waals surface area contributed by atoms with Crippen molar-refractivity contribution in [1.82, 2.24) is 15.1 Å². The summed E-state index contributed by atoms with van der Waals surface area (Å²) < 4.78 is 2.03. The Morgan fingerprint density at radius 1 is 1.09 bits per heavy atom. The summed E-state index contributed by atoms with van der Waals surface area (Å²) in [5.41, 5.74) is 4.46. The van der Waals surface area contributed by atoms with Crippen molar-refractivity contribution in [3.63, 3.8) is 0 Å². The molecule has 2 N–H and O–H groups in total. The average molecular weight is 459 g/mol. The van der Waals surface area contributed by atoms with Crippen LogP contribution in [0.1, 0.15) is 92.7 Å². The largest absolute Gasteiger partial charge is 0.363 e. The molecule has 0 spiro atoms. The van der Waals surface area contributed by atoms with Crippen LogP contribution in [0.4, 0.5) is 5.82 Å². The monoisotopic (exact) mass is 458 g/mol. The topological polar surface area (TPSA) is 59.0 Å². The first kappa shape index (κ1) is 24.1. The Morgan fingerprint density at radius 3 is 2.32 bits per heavy atom. The summed E-state index contributed by atoms with van der Waals surface area (Å²) in [7, 11) is 0. The molecular formula is C29H38N4O. The number of anilines is 1. The van der Waals surface area contributed by atoms with E-state index in [0.717, 1.165) is 36.3 Å². The van der Waals surface area contributed by atoms with Gasteiger partial charge in [-0.05, 0) is 57.6 Å². The predicted octanol–water partition coefficient (Wildman–Crippen LogP) is 6.49. The van der Waals surface area contributed by atoms with Crippen molar-refractivity contribution in [3.8, 4) is 0 Å². The van der Waals surface area contributed by atoms with Crippen molar-refractivity contribution >= 4 is 11.7 Å². The van der Waals surface area contributed by atoms with Crippen LogP contribution in [0.3, 0.4) is 0 Å². The van der Waals surface area contributed by atoms with E-state index in [1.165, 1.54) is 11.1 Å². The second-order valence-corrected chi connectivity index (χ2v) is 10.2. The Bertz CT molecular complexity index is 1140. The molecule has 0 aliphatic carbocycles. The summed E-state index contributed by atoms with van der Waals surface area (Å²) in [5, 5.41) is 12.1. The Kier molecular flexibility index (Phi) is 6.57. The molecule has 5 heteroatoms. The van der Waals surface area contributed by atoms with Gasteiger partial charge in [0.15, 0.2) is 0 Å². The Labute approximate surface area is 204 Å². The normalized spacial score (nSPS) is 17.1. The van der Waals surface area contributed by atoms with Crippen LogP contribution in [0.25, 0.3) is 0 Å². The third kappa shape index (κ3) is 4.24. The lowest BCUT2D eigenvalue weighted by Crippen LogP contribution is -2.45. The van der Waals surface area contributed by atoms with Crippen LogP contribution in [0.5, 0.6) is 0 Å². The lowest BCUT2D eigenvalue weighted by molar-refractivity contribution is 0.0889. The molecule has 1 amide bonds. The van der Waals surface area contributed by atoms with Crippen molar-refractivity contribution in [2.45, 2.75) is 84.3 Å². The third-order valence-corrected chi connectivity index (χ3v) is 7.47. The van der Waals surface area contributed by atoms with Gasteiger partial charge in [0.25, 0.3) is 5.91 Å². The van der Waals surface area contributed by atoms with Gasteiger partial charge in [-0.25, -0.2) is 4.68 Å². The second kappa shape index (κ2) is 9.28. The Hall–Kier alpha value is -3.08. The number of amides is 1. The van der Waals surface area contributed by atoms with Gasteiger partial charge in [-0.2, -0.15) is 5.10 Å². The van der Waals surface area contributed by atoms with Crippen molar-refractivity contribution in [3.05, 3.63) is 82.5 Å². The molecule has 0 saturated heterocycles. The maximum Gasteiger partial charge on any atom is 0.257 e. The molecular weight excluding hydrogens is 420 g/mol. The molecule has 1 atom stereocenters. The summed E-state index contributed by atoms with van der Waals surface area (Å²) in [6.45, 7) is 12.9. The van der Waals surface area contributed by atoms with E-state index < -0.39 is 5.54 Å². The first-order valence-electron chi connectivity index (χ1n) is 12.6. The average Bonchev–Trinajstić information content (AvgIpc) is 3.23. The molecule has 0 saturated carbocycles. The number of nitrogens with zero attached hydrogens (tertiary/aromatic N) is 2. The van der Waals surface area contributed by atoms with Crippen LogP contribution < -0.4 is 10.6 Å². The number of aryl methyl sites for hydroxylation is 2. The Morgan fingerprint density at radius 2 is 1.74 bits per heavy atom. The fourth-order valence-corrected chi connectivity index (χ4v) is 5.27. The summed E-state index contributed by atoms with van der Waals surface area (Å²) in [6, 6.07) is 19.1. The molecule has 0 bridgehead atoms. The molecule has 1 aliphatic rings. The molecule has 2 aromatic carbocycles. The highest BCUT2D eigenvalue weighted by Gasteiger charge is 2.40. The zero-order valence-corrected chi connectivity index (χ0v) is 21.4. The zero-order valence-electron chi connectivity index (χ0n) is 21.4. The van der Waals surface area contributed by atoms with Crippen LogP contribution in [-0.2, 0) is 17.5 Å². The summed E-state index contributed by atoms with van der Waals surface area (Å²) >= 11 is 0. The van der Waals surface area contributed by atoms with Crippen molar-refractivity contribution in [1.29, 1.82) is 0 Å². The maximum atomic E-state index is 14.0. The molecule has 0 radical (unpaired) electrons. The smallest absolute Gasteiger partial charge is 0.257 e. The fourth-order valence-electron chi connectivity index (χ4n) is 5.27. The zero-order chi connectivity index (χ0) is 24.5. The molecule has 2 heterocycles. The van der Waals surface area contributed by atoms with E-state index in [9.17, 15) is 4.79 Å². The van der Waals surface area contributed by atoms with Crippen molar-refractivity contribution < 1.29 is 4.79 Å². The number of rotatable bonds is 7. The fraction of sp³-hybridized carbons (Fsp3) is 0.448. The minimum atomic E-state index is -0.423. The number of aromatic nitrogens is 2. The molecule has 4 rings (SSSR count). The van der Waals surface area contributed by atoms with E-state index in [0.29, 0.717) is 12.0 Å². The first-order valence-corrected chi connectivity index (χ1v) is 12.6. The van der Waals surface area contributed by atoms with E-state index in [-0.39, 0.29) is 17.5 Å². The third-order valence-electron chi connectivity index (χ3n) is 7.47. The maximum absolute atomic E-state index is 14.0. The molecule has 3 aromatic rings. The van der Waals surface area contributed by atoms with Gasteiger partial charge < -0.3 is 10.6 Å². The first-order chi connectivity index (χ1) is 16.2. The highest BCUT2D eigenvalue weighted by atomic mass is 16.2. The molecule has 1 unspecified atom stereocenters. The molecule has 5 nitrogen and oxygen atoms in total. The molecule has 0 fully saturated rings. The van der Waals surface area contributed by atoms with Crippen LogP contribution >= 0.6 is 0 Å². The van der Waals surface area contributed by atoms with E-state index in [4.69, 9.17) is 5.10 Å². The number of hydrogen-bond donors (Lipinski definition) is 2. The molecule has 34 heavy (non-hydrogen) atoms. The van der Waals surface area contributed by atoms with Gasteiger partial charge in [0, 0.05) is 0 Å². The molecule has 1 aliphatic heterocycles. The quantitative estimate of drug-likeness (QED) is 0.425. The van der Waals surface area contributed by atoms with Crippen molar-refractivity contribution in [2.24, 2.45) is 0 Å². The van der Waals surface area contributed by atoms with E-state index in [2.05, 4.69) is 101 Å². The van der Waals surface area contributed by atoms with Crippen LogP contribution in [0.15, 0.2) is 54.6 Å². The summed E-state index contributed by atoms with van der Waals surface area (Å²) in [6.07, 6.45) is 3.23. The van der Waals surface area contributed by atoms with Gasteiger partial charge >= 0.3 is 0 Å². The van der Waals surface area contributed by atoms with Gasteiger partial charge in [0.2, 0.25) is 0 Å². The lowest BCUT2D eigenvalue weighted by Gasteiger charge is -2.38. The molecule has 1 aromatic heterocycles. The van der Waals surface area contributed by atoms with Crippen molar-refractivity contribution in [2.75, 3.05) is 5.32 Å². The van der Waals surface area contributed by atoms with E-state index in [1.54, 1.807) is 0 Å². The van der Waals surface area contributed by atoms with Gasteiger partial charge in [0.1, 0.15) is 11.4 Å². The number of benzene rings is 2. The SMILES string of the molecule is CCc1nn2c(c1C(=O)NC(CC)(CC)c1ccc(C)cc1)NC(c1ccccc1)CC2(C)C. The number of carbonyl (C=O) groups is 1. The highest BCUT2D eigenvalue weighted by Crippen LogP contribution is 2.41. The van der Waals surface area contributed by atoms with Gasteiger partial charge in [-0.3, -0.25) is 4.79 Å². The van der Waals surface area contributed by atoms with Crippen LogP contribution in [0.2, 0.25) is 0 Å². The van der Waals surface area contributed by atoms with E-state index >= 15 is 0 Å². The minimum Gasteiger partial charge on any atom is -0.363 e. The number of nitrogens with one attached hydrogen (secondary N) is 2. The minimum absolute atomic E-state index is 0.0561. The molecule has 180 valence electrons. The number of fused-ring (bicyclic) bond motifs is 1. The number of carbonyl (C=O) groups excluding carboxylic acids is 1. The predicted molar refractivity (Wildman–Crippen MR) is 139 cm³/mol. The van der Waals surface area contributed by atoms with Gasteiger partial charge in [-0.1, -0.05) is 80.9 Å². The van der Waals surface area contributed by atoms with E-state index in [1.807, 2.05) is 10.7 Å². The Balaban J connectivity index is 1.75. The number of hydrogen-bond acceptors (Lipinski definition) is 3. The second-order valence-electron chi connectivity index (χ2n) is 10.2. The highest BCUT2D eigenvalue weighted by molar-refractivity contribution is 6.01. The summed E-state index contributed by atoms with van der Waals surface area (Å²) in [4.78, 5) is 14.0. The van der Waals surface area contributed by atoms with Crippen LogP contribution in [0, 0.1) is 6.92 Å². The lowest BCUT2D eigenvalue weighted by atomic mass is 9.84. The van der Waals surface area contributed by atoms with Gasteiger partial charge in [0.05, 0.1) is 22.8 Å². The van der Waals surface area contributed by atoms with Gasteiger partial charge in [-0.15, -0.1) is 0 Å². The van der Waals surface area contributed by atoms with Crippen LogP contribution in [-0.4, -0.2) is 15.7 Å².